The number of hydrogen-bond acceptors (Lipinski definition) is 3. The third-order valence-electron chi connectivity index (χ3n) is 3.75. The van der Waals surface area contributed by atoms with Crippen LogP contribution in [0.15, 0.2) is 41.0 Å². The Bertz CT molecular complexity index is 786. The predicted octanol–water partition coefficient (Wildman–Crippen LogP) is 4.49. The average Bonchev–Trinajstić information content (AvgIpc) is 3.10. The van der Waals surface area contributed by atoms with Crippen LogP contribution < -0.4 is 4.74 Å². The van der Waals surface area contributed by atoms with E-state index < -0.39 is 0 Å². The molecule has 0 fully saturated rings. The standard InChI is InChI=1S/C16H18N2O2S/c1-11(5-6-12-4-3-9-20-12)18-15-10-13(19-2)7-8-14(15)17-16(18)21/h3-4,7-11H,5-6H2,1-2H3,(H,17,21). The van der Waals surface area contributed by atoms with Crippen LogP contribution >= 0.6 is 12.2 Å². The van der Waals surface area contributed by atoms with E-state index in [0.29, 0.717) is 0 Å². The number of hydrogen-bond donors (Lipinski definition) is 1. The van der Waals surface area contributed by atoms with Gasteiger partial charge in [-0.3, -0.25) is 0 Å². The van der Waals surface area contributed by atoms with Crippen LogP contribution in [0.25, 0.3) is 11.0 Å². The van der Waals surface area contributed by atoms with Gasteiger partial charge in [-0.25, -0.2) is 0 Å². The van der Waals surface area contributed by atoms with Gasteiger partial charge < -0.3 is 18.7 Å². The molecule has 0 saturated heterocycles. The number of rotatable bonds is 5. The van der Waals surface area contributed by atoms with Gasteiger partial charge in [0.1, 0.15) is 11.5 Å². The Labute approximate surface area is 128 Å². The number of nitrogens with one attached hydrogen (secondary N) is 1. The molecule has 0 aliphatic carbocycles. The fourth-order valence-electron chi connectivity index (χ4n) is 2.60. The molecule has 0 spiro atoms. The fraction of sp³-hybridized carbons (Fsp3) is 0.312. The molecule has 1 atom stereocenters. The van der Waals surface area contributed by atoms with Crippen LogP contribution in [0.5, 0.6) is 5.75 Å². The molecule has 3 rings (SSSR count). The minimum Gasteiger partial charge on any atom is -0.497 e. The van der Waals surface area contributed by atoms with Gasteiger partial charge in [-0.2, -0.15) is 0 Å². The van der Waals surface area contributed by atoms with Crippen molar-refractivity contribution >= 4 is 23.3 Å². The zero-order chi connectivity index (χ0) is 14.8. The molecule has 1 aromatic carbocycles. The lowest BCUT2D eigenvalue weighted by atomic mass is 10.1. The third-order valence-corrected chi connectivity index (χ3v) is 4.05. The van der Waals surface area contributed by atoms with E-state index in [0.717, 1.165) is 40.2 Å². The largest absolute Gasteiger partial charge is 0.497 e. The quantitative estimate of drug-likeness (QED) is 0.706. The molecule has 3 aromatic rings. The molecule has 1 unspecified atom stereocenters. The summed E-state index contributed by atoms with van der Waals surface area (Å²) in [6.07, 6.45) is 3.57. The second-order valence-electron chi connectivity index (χ2n) is 5.15. The number of methoxy groups -OCH3 is 1. The maximum atomic E-state index is 5.47. The summed E-state index contributed by atoms with van der Waals surface area (Å²) >= 11 is 5.47. The number of imidazole rings is 1. The van der Waals surface area contributed by atoms with Gasteiger partial charge in [0.05, 0.1) is 24.4 Å². The van der Waals surface area contributed by atoms with Gasteiger partial charge >= 0.3 is 0 Å². The minimum absolute atomic E-state index is 0.281. The molecule has 2 aromatic heterocycles. The highest BCUT2D eigenvalue weighted by Gasteiger charge is 2.12. The van der Waals surface area contributed by atoms with Crippen LogP contribution in [-0.4, -0.2) is 16.7 Å². The topological polar surface area (TPSA) is 43.1 Å². The molecular weight excluding hydrogens is 284 g/mol. The Balaban J connectivity index is 1.91. The number of benzene rings is 1. The molecule has 110 valence electrons. The lowest BCUT2D eigenvalue weighted by Crippen LogP contribution is -2.06. The van der Waals surface area contributed by atoms with E-state index in [9.17, 15) is 0 Å². The van der Waals surface area contributed by atoms with E-state index in [4.69, 9.17) is 21.4 Å². The van der Waals surface area contributed by atoms with Gasteiger partial charge in [0, 0.05) is 18.5 Å². The first-order valence-electron chi connectivity index (χ1n) is 6.99. The Morgan fingerprint density at radius 2 is 2.24 bits per heavy atom. The van der Waals surface area contributed by atoms with E-state index >= 15 is 0 Å². The Morgan fingerprint density at radius 3 is 2.95 bits per heavy atom. The zero-order valence-corrected chi connectivity index (χ0v) is 12.9. The summed E-state index contributed by atoms with van der Waals surface area (Å²) in [5.74, 6) is 1.84. The third kappa shape index (κ3) is 2.74. The summed E-state index contributed by atoms with van der Waals surface area (Å²) in [6.45, 7) is 2.17. The summed E-state index contributed by atoms with van der Waals surface area (Å²) in [5, 5.41) is 0. The van der Waals surface area contributed by atoms with Gasteiger partial charge in [-0.05, 0) is 49.8 Å². The minimum atomic E-state index is 0.281. The molecular formula is C16H18N2O2S. The number of aromatic amines is 1. The molecule has 0 aliphatic heterocycles. The second-order valence-corrected chi connectivity index (χ2v) is 5.54. The average molecular weight is 302 g/mol. The van der Waals surface area contributed by atoms with Gasteiger partial charge in [0.25, 0.3) is 0 Å². The Kier molecular flexibility index (Phi) is 3.84. The van der Waals surface area contributed by atoms with Crippen molar-refractivity contribution in [1.82, 2.24) is 9.55 Å². The van der Waals surface area contributed by atoms with Crippen molar-refractivity contribution in [3.8, 4) is 5.75 Å². The first-order chi connectivity index (χ1) is 10.2. The van der Waals surface area contributed by atoms with Crippen molar-refractivity contribution in [2.75, 3.05) is 7.11 Å². The fourth-order valence-corrected chi connectivity index (χ4v) is 2.99. The van der Waals surface area contributed by atoms with Gasteiger partial charge in [-0.1, -0.05) is 0 Å². The monoisotopic (exact) mass is 302 g/mol. The van der Waals surface area contributed by atoms with Crippen LogP contribution in [-0.2, 0) is 6.42 Å². The first kappa shape index (κ1) is 13.9. The van der Waals surface area contributed by atoms with Crippen LogP contribution in [0.2, 0.25) is 0 Å². The van der Waals surface area contributed by atoms with Crippen LogP contribution in [0.4, 0.5) is 0 Å². The summed E-state index contributed by atoms with van der Waals surface area (Å²) in [4.78, 5) is 3.25. The van der Waals surface area contributed by atoms with Crippen LogP contribution in [0.1, 0.15) is 25.1 Å². The summed E-state index contributed by atoms with van der Waals surface area (Å²) in [7, 11) is 1.67. The van der Waals surface area contributed by atoms with Crippen molar-refractivity contribution in [3.05, 3.63) is 47.1 Å². The number of fused-ring (bicyclic) bond motifs is 1. The molecule has 2 heterocycles. The number of aromatic nitrogens is 2. The van der Waals surface area contributed by atoms with E-state index in [2.05, 4.69) is 16.5 Å². The van der Waals surface area contributed by atoms with Crippen molar-refractivity contribution in [3.63, 3.8) is 0 Å². The number of ether oxygens (including phenoxy) is 1. The van der Waals surface area contributed by atoms with E-state index in [1.54, 1.807) is 13.4 Å². The van der Waals surface area contributed by atoms with E-state index in [1.165, 1.54) is 0 Å². The van der Waals surface area contributed by atoms with Crippen LogP contribution in [0.3, 0.4) is 0 Å². The molecule has 0 bridgehead atoms. The number of nitrogens with zero attached hydrogens (tertiary/aromatic N) is 1. The van der Waals surface area contributed by atoms with Crippen molar-refractivity contribution in [2.24, 2.45) is 0 Å². The normalized spacial score (nSPS) is 12.7. The summed E-state index contributed by atoms with van der Waals surface area (Å²) in [5.41, 5.74) is 2.11. The molecule has 21 heavy (non-hydrogen) atoms. The van der Waals surface area contributed by atoms with E-state index in [-0.39, 0.29) is 6.04 Å². The molecule has 5 heteroatoms. The van der Waals surface area contributed by atoms with Crippen molar-refractivity contribution in [1.29, 1.82) is 0 Å². The lowest BCUT2D eigenvalue weighted by Gasteiger charge is -2.14. The second kappa shape index (κ2) is 5.77. The highest BCUT2D eigenvalue weighted by molar-refractivity contribution is 7.71. The van der Waals surface area contributed by atoms with Crippen molar-refractivity contribution < 1.29 is 9.15 Å². The highest BCUT2D eigenvalue weighted by atomic mass is 32.1. The highest BCUT2D eigenvalue weighted by Crippen LogP contribution is 2.25. The smallest absolute Gasteiger partial charge is 0.178 e. The molecule has 0 saturated carbocycles. The zero-order valence-electron chi connectivity index (χ0n) is 12.1. The SMILES string of the molecule is COc1ccc2[nH]c(=S)n(C(C)CCc3ccco3)c2c1. The maximum Gasteiger partial charge on any atom is 0.178 e. The molecule has 0 amide bonds. The first-order valence-corrected chi connectivity index (χ1v) is 7.40. The summed E-state index contributed by atoms with van der Waals surface area (Å²) < 4.78 is 13.6. The maximum absolute atomic E-state index is 5.47. The Hall–Kier alpha value is -2.01. The number of furan rings is 1. The van der Waals surface area contributed by atoms with Crippen molar-refractivity contribution in [2.45, 2.75) is 25.8 Å². The van der Waals surface area contributed by atoms with E-state index in [1.807, 2.05) is 30.3 Å². The predicted molar refractivity (Wildman–Crippen MR) is 85.4 cm³/mol. The Morgan fingerprint density at radius 1 is 1.38 bits per heavy atom. The van der Waals surface area contributed by atoms with Gasteiger partial charge in [0.2, 0.25) is 0 Å². The van der Waals surface area contributed by atoms with Crippen LogP contribution in [0, 0.1) is 4.77 Å². The lowest BCUT2D eigenvalue weighted by molar-refractivity contribution is 0.414. The van der Waals surface area contributed by atoms with Gasteiger partial charge in [0.15, 0.2) is 4.77 Å². The molecule has 0 aliphatic rings. The summed E-state index contributed by atoms with van der Waals surface area (Å²) in [6, 6.07) is 10.2. The molecule has 1 N–H and O–H groups in total. The molecule has 4 nitrogen and oxygen atoms in total. The number of H-pyrrole nitrogens is 1. The van der Waals surface area contributed by atoms with Gasteiger partial charge in [-0.15, -0.1) is 0 Å². The number of aryl methyl sites for hydroxylation is 1. The molecule has 0 radical (unpaired) electrons.